The molecule has 1 nitrogen and oxygen atoms in total. The largest absolute Gasteiger partial charge is 0.310 e. The molecule has 0 aliphatic heterocycles. The molecule has 0 saturated heterocycles. The van der Waals surface area contributed by atoms with Gasteiger partial charge in [0.1, 0.15) is 0 Å². The molecule has 1 atom stereocenters. The average Bonchev–Trinajstić information content (AvgIpc) is 2.85. The smallest absolute Gasteiger partial charge is 0.0380 e. The van der Waals surface area contributed by atoms with Gasteiger partial charge in [0.05, 0.1) is 0 Å². The summed E-state index contributed by atoms with van der Waals surface area (Å²) in [5.41, 5.74) is 1.34. The van der Waals surface area contributed by atoms with Crippen LogP contribution in [0.25, 0.3) is 0 Å². The lowest BCUT2D eigenvalue weighted by atomic mass is 10.0. The van der Waals surface area contributed by atoms with E-state index in [1.165, 1.54) is 18.5 Å². The highest BCUT2D eigenvalue weighted by molar-refractivity contribution is 14.1. The highest BCUT2D eigenvalue weighted by atomic mass is 127. The fraction of sp³-hybridized carbons (Fsp3) is 0.286. The lowest BCUT2D eigenvalue weighted by Gasteiger charge is -2.19. The molecule has 0 spiro atoms. The maximum Gasteiger partial charge on any atom is 0.0380 e. The van der Waals surface area contributed by atoms with Crippen molar-refractivity contribution in [2.24, 2.45) is 0 Å². The van der Waals surface area contributed by atoms with Crippen molar-refractivity contribution < 1.29 is 0 Å². The Morgan fingerprint density at radius 2 is 2.22 bits per heavy atom. The molecule has 96 valence electrons. The monoisotopic (exact) mass is 435 g/mol. The summed E-state index contributed by atoms with van der Waals surface area (Å²) in [5, 5.41) is 5.72. The van der Waals surface area contributed by atoms with Crippen LogP contribution >= 0.6 is 49.9 Å². The number of benzene rings is 1. The van der Waals surface area contributed by atoms with E-state index in [9.17, 15) is 0 Å². The van der Waals surface area contributed by atoms with E-state index in [1.807, 2.05) is 11.3 Å². The predicted octanol–water partition coefficient (Wildman–Crippen LogP) is 5.01. The lowest BCUT2D eigenvalue weighted by Crippen LogP contribution is -2.23. The Balaban J connectivity index is 2.26. The van der Waals surface area contributed by atoms with Gasteiger partial charge in [0.15, 0.2) is 0 Å². The van der Waals surface area contributed by atoms with Crippen LogP contribution in [-0.2, 0) is 6.42 Å². The van der Waals surface area contributed by atoms with Gasteiger partial charge in [-0.2, -0.15) is 0 Å². The molecule has 0 aliphatic carbocycles. The van der Waals surface area contributed by atoms with E-state index >= 15 is 0 Å². The van der Waals surface area contributed by atoms with Gasteiger partial charge in [-0.05, 0) is 64.3 Å². The SMILES string of the molecule is CCNC(Cc1cccs1)c1cc(I)ccc1Br. The third-order valence-corrected chi connectivity index (χ3v) is 5.06. The first-order valence-electron chi connectivity index (χ1n) is 5.91. The second kappa shape index (κ2) is 7.03. The first-order valence-corrected chi connectivity index (χ1v) is 8.66. The second-order valence-corrected chi connectivity index (χ2v) is 7.19. The maximum absolute atomic E-state index is 3.67. The molecule has 1 N–H and O–H groups in total. The van der Waals surface area contributed by atoms with Crippen LogP contribution in [-0.4, -0.2) is 6.54 Å². The topological polar surface area (TPSA) is 12.0 Å². The number of likely N-dealkylation sites (N-methyl/N-ethyl adjacent to an activating group) is 1. The van der Waals surface area contributed by atoms with Crippen LogP contribution in [0.3, 0.4) is 0 Å². The number of rotatable bonds is 5. The number of hydrogen-bond acceptors (Lipinski definition) is 2. The quantitative estimate of drug-likeness (QED) is 0.651. The Hall–Kier alpha value is 0.0900. The van der Waals surface area contributed by atoms with E-state index in [4.69, 9.17) is 0 Å². The number of hydrogen-bond donors (Lipinski definition) is 1. The highest BCUT2D eigenvalue weighted by Crippen LogP contribution is 2.29. The molecular formula is C14H15BrINS. The molecule has 0 amide bonds. The van der Waals surface area contributed by atoms with Gasteiger partial charge in [-0.3, -0.25) is 0 Å². The minimum absolute atomic E-state index is 0.373. The van der Waals surface area contributed by atoms with Crippen LogP contribution in [0, 0.1) is 3.57 Å². The van der Waals surface area contributed by atoms with Gasteiger partial charge >= 0.3 is 0 Å². The summed E-state index contributed by atoms with van der Waals surface area (Å²) < 4.78 is 2.46. The maximum atomic E-state index is 3.67. The van der Waals surface area contributed by atoms with E-state index in [-0.39, 0.29) is 0 Å². The van der Waals surface area contributed by atoms with Crippen molar-refractivity contribution in [2.75, 3.05) is 6.54 Å². The fourth-order valence-corrected chi connectivity index (χ4v) is 3.74. The summed E-state index contributed by atoms with van der Waals surface area (Å²) in [6.07, 6.45) is 1.05. The van der Waals surface area contributed by atoms with Crippen molar-refractivity contribution in [2.45, 2.75) is 19.4 Å². The summed E-state index contributed by atoms with van der Waals surface area (Å²) in [6, 6.07) is 11.2. The Morgan fingerprint density at radius 3 is 2.89 bits per heavy atom. The zero-order valence-corrected chi connectivity index (χ0v) is 14.7. The van der Waals surface area contributed by atoms with Gasteiger partial charge in [-0.1, -0.05) is 28.9 Å². The zero-order chi connectivity index (χ0) is 13.0. The lowest BCUT2D eigenvalue weighted by molar-refractivity contribution is 0.551. The van der Waals surface area contributed by atoms with Crippen molar-refractivity contribution in [1.82, 2.24) is 5.32 Å². The first kappa shape index (κ1) is 14.5. The van der Waals surface area contributed by atoms with Gasteiger partial charge in [0, 0.05) is 25.4 Å². The third-order valence-electron chi connectivity index (χ3n) is 2.77. The molecular weight excluding hydrogens is 421 g/mol. The third kappa shape index (κ3) is 3.79. The fourth-order valence-electron chi connectivity index (χ4n) is 1.95. The summed E-state index contributed by atoms with van der Waals surface area (Å²) in [4.78, 5) is 1.42. The second-order valence-electron chi connectivity index (χ2n) is 4.06. The number of halogens is 2. The molecule has 0 bridgehead atoms. The zero-order valence-electron chi connectivity index (χ0n) is 10.1. The van der Waals surface area contributed by atoms with Crippen LogP contribution < -0.4 is 5.32 Å². The minimum atomic E-state index is 0.373. The van der Waals surface area contributed by atoms with Crippen molar-refractivity contribution in [3.8, 4) is 0 Å². The average molecular weight is 436 g/mol. The summed E-state index contributed by atoms with van der Waals surface area (Å²) >= 11 is 7.86. The predicted molar refractivity (Wildman–Crippen MR) is 91.3 cm³/mol. The van der Waals surface area contributed by atoms with Gasteiger partial charge in [0.2, 0.25) is 0 Å². The summed E-state index contributed by atoms with van der Waals surface area (Å²) in [7, 11) is 0. The number of nitrogens with one attached hydrogen (secondary N) is 1. The van der Waals surface area contributed by atoms with Gasteiger partial charge < -0.3 is 5.32 Å². The van der Waals surface area contributed by atoms with Crippen molar-refractivity contribution >= 4 is 49.9 Å². The van der Waals surface area contributed by atoms with Crippen LogP contribution in [0.15, 0.2) is 40.2 Å². The molecule has 0 aliphatic rings. The molecule has 0 saturated carbocycles. The summed E-state index contributed by atoms with van der Waals surface area (Å²) in [5.74, 6) is 0. The van der Waals surface area contributed by atoms with Crippen LogP contribution in [0.1, 0.15) is 23.4 Å². The van der Waals surface area contributed by atoms with E-state index < -0.39 is 0 Å². The van der Waals surface area contributed by atoms with Crippen LogP contribution in [0.2, 0.25) is 0 Å². The van der Waals surface area contributed by atoms with E-state index in [1.54, 1.807) is 0 Å². The molecule has 0 radical (unpaired) electrons. The molecule has 18 heavy (non-hydrogen) atoms. The normalized spacial score (nSPS) is 12.6. The van der Waals surface area contributed by atoms with Crippen LogP contribution in [0.5, 0.6) is 0 Å². The molecule has 1 unspecified atom stereocenters. The highest BCUT2D eigenvalue weighted by Gasteiger charge is 2.15. The number of thiophene rings is 1. The molecule has 2 aromatic rings. The van der Waals surface area contributed by atoms with Crippen molar-refractivity contribution in [3.05, 3.63) is 54.2 Å². The van der Waals surface area contributed by atoms with E-state index in [0.29, 0.717) is 6.04 Å². The molecule has 1 aromatic heterocycles. The van der Waals surface area contributed by atoms with E-state index in [2.05, 4.69) is 86.5 Å². The minimum Gasteiger partial charge on any atom is -0.310 e. The van der Waals surface area contributed by atoms with Gasteiger partial charge in [-0.25, -0.2) is 0 Å². The Bertz CT molecular complexity index is 499. The molecule has 1 heterocycles. The first-order chi connectivity index (χ1) is 8.70. The van der Waals surface area contributed by atoms with Gasteiger partial charge in [0.25, 0.3) is 0 Å². The Kier molecular flexibility index (Phi) is 5.66. The molecule has 2 rings (SSSR count). The Morgan fingerprint density at radius 1 is 1.39 bits per heavy atom. The molecule has 1 aromatic carbocycles. The Labute approximate surface area is 134 Å². The molecule has 4 heteroatoms. The van der Waals surface area contributed by atoms with Crippen molar-refractivity contribution in [1.29, 1.82) is 0 Å². The molecule has 0 fully saturated rings. The van der Waals surface area contributed by atoms with Gasteiger partial charge in [-0.15, -0.1) is 11.3 Å². The van der Waals surface area contributed by atoms with E-state index in [0.717, 1.165) is 13.0 Å². The summed E-state index contributed by atoms with van der Waals surface area (Å²) in [6.45, 7) is 3.14. The standard InChI is InChI=1S/C14H15BrINS/c1-2-17-14(9-11-4-3-7-18-11)12-8-10(16)5-6-13(12)15/h3-8,14,17H,2,9H2,1H3. The van der Waals surface area contributed by atoms with Crippen LogP contribution in [0.4, 0.5) is 0 Å². The van der Waals surface area contributed by atoms with Crippen molar-refractivity contribution in [3.63, 3.8) is 0 Å².